The molecule has 4 aromatic rings. The Morgan fingerprint density at radius 2 is 1.69 bits per heavy atom. The van der Waals surface area contributed by atoms with Gasteiger partial charge in [0.2, 0.25) is 0 Å². The van der Waals surface area contributed by atoms with E-state index in [0.717, 1.165) is 5.56 Å². The van der Waals surface area contributed by atoms with E-state index in [0.29, 0.717) is 18.2 Å². The number of nitrogen functional groups attached to an aromatic ring is 1. The molecule has 0 radical (unpaired) electrons. The monoisotopic (exact) mass is 429 g/mol. The molecule has 4 N–H and O–H groups in total. The van der Waals surface area contributed by atoms with Gasteiger partial charge >= 0.3 is 0 Å². The van der Waals surface area contributed by atoms with E-state index in [1.54, 1.807) is 12.3 Å². The Bertz CT molecular complexity index is 1210. The quantitative estimate of drug-likeness (QED) is 0.385. The lowest BCUT2D eigenvalue weighted by atomic mass is 10.2. The second-order valence-corrected chi connectivity index (χ2v) is 6.78. The molecule has 2 heterocycles. The van der Waals surface area contributed by atoms with E-state index in [2.05, 4.69) is 25.8 Å². The van der Waals surface area contributed by atoms with Crippen molar-refractivity contribution in [3.8, 4) is 0 Å². The molecule has 0 saturated carbocycles. The smallest absolute Gasteiger partial charge is 0.272 e. The molecule has 32 heavy (non-hydrogen) atoms. The minimum Gasteiger partial charge on any atom is -0.393 e. The topological polar surface area (TPSA) is 109 Å². The number of halogens is 1. The van der Waals surface area contributed by atoms with Crippen molar-refractivity contribution in [2.24, 2.45) is 0 Å². The Kier molecular flexibility index (Phi) is 6.17. The van der Waals surface area contributed by atoms with Crippen LogP contribution in [0.5, 0.6) is 0 Å². The first-order valence-electron chi connectivity index (χ1n) is 9.77. The molecule has 9 heteroatoms. The van der Waals surface area contributed by atoms with Crippen LogP contribution in [-0.4, -0.2) is 20.9 Å². The largest absolute Gasteiger partial charge is 0.393 e. The van der Waals surface area contributed by atoms with Crippen molar-refractivity contribution in [1.82, 2.24) is 20.4 Å². The van der Waals surface area contributed by atoms with Crippen molar-refractivity contribution >= 4 is 29.0 Å². The average molecular weight is 429 g/mol. The van der Waals surface area contributed by atoms with Gasteiger partial charge in [-0.05, 0) is 29.8 Å². The number of pyridine rings is 1. The number of benzene rings is 2. The lowest BCUT2D eigenvalue weighted by molar-refractivity contribution is 0.0958. The molecule has 160 valence electrons. The number of aromatic nitrogens is 3. The van der Waals surface area contributed by atoms with Crippen molar-refractivity contribution in [2.45, 2.75) is 6.54 Å². The summed E-state index contributed by atoms with van der Waals surface area (Å²) in [4.78, 5) is 27.0. The number of amides is 1. The molecule has 4 rings (SSSR count). The molecule has 0 fully saturated rings. The molecule has 0 unspecified atom stereocenters. The molecule has 0 saturated heterocycles. The second kappa shape index (κ2) is 9.52. The van der Waals surface area contributed by atoms with Crippen molar-refractivity contribution in [2.75, 3.05) is 16.1 Å². The summed E-state index contributed by atoms with van der Waals surface area (Å²) in [6.45, 7) is 0.458. The average Bonchev–Trinajstić information content (AvgIpc) is 2.83. The van der Waals surface area contributed by atoms with Crippen LogP contribution in [0.3, 0.4) is 0 Å². The fraction of sp³-hybridized carbons (Fsp3) is 0.0435. The van der Waals surface area contributed by atoms with Crippen molar-refractivity contribution in [3.05, 3.63) is 102 Å². The maximum Gasteiger partial charge on any atom is 0.272 e. The lowest BCUT2D eigenvalue weighted by Gasteiger charge is -2.24. The highest BCUT2D eigenvalue weighted by Gasteiger charge is 2.19. The maximum absolute atomic E-state index is 13.9. The van der Waals surface area contributed by atoms with Crippen molar-refractivity contribution < 1.29 is 9.18 Å². The third-order valence-corrected chi connectivity index (χ3v) is 4.64. The number of rotatable bonds is 7. The number of carbonyl (C=O) groups excluding carboxylic acids is 1. The van der Waals surface area contributed by atoms with Crippen LogP contribution in [0.25, 0.3) is 0 Å². The van der Waals surface area contributed by atoms with Crippen LogP contribution in [0.4, 0.5) is 27.5 Å². The van der Waals surface area contributed by atoms with Gasteiger partial charge in [0.25, 0.3) is 5.91 Å². The molecule has 0 aliphatic rings. The number of nitrogens with zero attached hydrogens (tertiary/aromatic N) is 4. The van der Waals surface area contributed by atoms with E-state index in [1.165, 1.54) is 24.5 Å². The third-order valence-electron chi connectivity index (χ3n) is 4.64. The highest BCUT2D eigenvalue weighted by Crippen LogP contribution is 2.31. The first kappa shape index (κ1) is 20.7. The standard InChI is InChI=1S/C23H20FN7O/c24-18-11-5-4-10-17(18)23(32)30-29-21-20(25)22(28-15-27-21)31(19-12-6-7-13-26-19)14-16-8-2-1-3-9-16/h1-13,15H,14,25H2,(H,30,32)(H,27,28,29). The van der Waals surface area contributed by atoms with Crippen molar-refractivity contribution in [1.29, 1.82) is 0 Å². The molecule has 0 bridgehead atoms. The molecule has 0 atom stereocenters. The predicted octanol–water partition coefficient (Wildman–Crippen LogP) is 3.69. The van der Waals surface area contributed by atoms with Gasteiger partial charge in [0.1, 0.15) is 23.6 Å². The Hall–Kier alpha value is -4.53. The Morgan fingerprint density at radius 1 is 0.938 bits per heavy atom. The van der Waals surface area contributed by atoms with Crippen LogP contribution in [0.1, 0.15) is 15.9 Å². The molecule has 2 aromatic heterocycles. The van der Waals surface area contributed by atoms with Gasteiger partial charge in [-0.3, -0.25) is 15.6 Å². The molecule has 8 nitrogen and oxygen atoms in total. The molecular weight excluding hydrogens is 409 g/mol. The van der Waals surface area contributed by atoms with Crippen LogP contribution in [0, 0.1) is 5.82 Å². The summed E-state index contributed by atoms with van der Waals surface area (Å²) in [6.07, 6.45) is 3.00. The first-order chi connectivity index (χ1) is 15.6. The summed E-state index contributed by atoms with van der Waals surface area (Å²) in [5.41, 5.74) is 12.5. The van der Waals surface area contributed by atoms with Crippen LogP contribution >= 0.6 is 0 Å². The Labute approximate surface area is 183 Å². The number of carbonyl (C=O) groups is 1. The van der Waals surface area contributed by atoms with Crippen LogP contribution in [0.15, 0.2) is 85.3 Å². The maximum atomic E-state index is 13.9. The summed E-state index contributed by atoms with van der Waals surface area (Å²) in [6, 6.07) is 21.0. The van der Waals surface area contributed by atoms with E-state index in [9.17, 15) is 9.18 Å². The summed E-state index contributed by atoms with van der Waals surface area (Å²) in [5.74, 6) is -0.0668. The minimum absolute atomic E-state index is 0.105. The summed E-state index contributed by atoms with van der Waals surface area (Å²) in [5, 5.41) is 0. The molecule has 0 aliphatic carbocycles. The van der Waals surface area contributed by atoms with Gasteiger partial charge < -0.3 is 10.6 Å². The van der Waals surface area contributed by atoms with Crippen LogP contribution in [-0.2, 0) is 6.54 Å². The zero-order valence-electron chi connectivity index (χ0n) is 16.9. The fourth-order valence-electron chi connectivity index (χ4n) is 3.07. The summed E-state index contributed by atoms with van der Waals surface area (Å²) < 4.78 is 13.9. The number of nitrogens with one attached hydrogen (secondary N) is 2. The summed E-state index contributed by atoms with van der Waals surface area (Å²) >= 11 is 0. The predicted molar refractivity (Wildman–Crippen MR) is 120 cm³/mol. The number of hydrogen-bond donors (Lipinski definition) is 3. The zero-order chi connectivity index (χ0) is 22.3. The number of nitrogens with two attached hydrogens (primary N) is 1. The fourth-order valence-corrected chi connectivity index (χ4v) is 3.07. The number of anilines is 4. The third kappa shape index (κ3) is 4.62. The second-order valence-electron chi connectivity index (χ2n) is 6.78. The molecule has 0 spiro atoms. The van der Waals surface area contributed by atoms with E-state index in [4.69, 9.17) is 5.73 Å². The number of hydrogen-bond acceptors (Lipinski definition) is 7. The van der Waals surface area contributed by atoms with E-state index >= 15 is 0 Å². The molecule has 2 aromatic carbocycles. The van der Waals surface area contributed by atoms with Crippen LogP contribution in [0.2, 0.25) is 0 Å². The van der Waals surface area contributed by atoms with E-state index < -0.39 is 11.7 Å². The van der Waals surface area contributed by atoms with E-state index in [-0.39, 0.29) is 17.1 Å². The highest BCUT2D eigenvalue weighted by atomic mass is 19.1. The van der Waals surface area contributed by atoms with Gasteiger partial charge in [-0.25, -0.2) is 19.3 Å². The molecule has 0 aliphatic heterocycles. The summed E-state index contributed by atoms with van der Waals surface area (Å²) in [7, 11) is 0. The van der Waals surface area contributed by atoms with E-state index in [1.807, 2.05) is 53.4 Å². The van der Waals surface area contributed by atoms with Gasteiger partial charge in [0.05, 0.1) is 12.1 Å². The highest BCUT2D eigenvalue weighted by molar-refractivity contribution is 5.95. The van der Waals surface area contributed by atoms with Crippen molar-refractivity contribution in [3.63, 3.8) is 0 Å². The molecule has 1 amide bonds. The SMILES string of the molecule is Nc1c(NNC(=O)c2ccccc2F)ncnc1N(Cc1ccccc1)c1ccccn1. The van der Waals surface area contributed by atoms with Gasteiger partial charge in [-0.15, -0.1) is 0 Å². The molecular formula is C23H20FN7O. The van der Waals surface area contributed by atoms with Gasteiger partial charge in [0, 0.05) is 6.20 Å². The Morgan fingerprint density at radius 3 is 2.44 bits per heavy atom. The first-order valence-corrected chi connectivity index (χ1v) is 9.77. The lowest BCUT2D eigenvalue weighted by Crippen LogP contribution is -2.31. The van der Waals surface area contributed by atoms with Crippen LogP contribution < -0.4 is 21.5 Å². The van der Waals surface area contributed by atoms with Gasteiger partial charge in [0.15, 0.2) is 11.6 Å². The Balaban J connectivity index is 1.61. The number of hydrazine groups is 1. The van der Waals surface area contributed by atoms with Gasteiger partial charge in [-0.1, -0.05) is 48.5 Å². The minimum atomic E-state index is -0.659. The normalized spacial score (nSPS) is 10.4. The van der Waals surface area contributed by atoms with Gasteiger partial charge in [-0.2, -0.15) is 0 Å². The zero-order valence-corrected chi connectivity index (χ0v) is 16.9.